The van der Waals surface area contributed by atoms with E-state index in [9.17, 15) is 9.90 Å². The first kappa shape index (κ1) is 14.9. The SMILES string of the molecule is CC(=O)N(Cc1c(O)ccc2ccccc12)C1CCCCC1. The summed E-state index contributed by atoms with van der Waals surface area (Å²) in [6.07, 6.45) is 5.80. The van der Waals surface area contributed by atoms with Gasteiger partial charge in [-0.25, -0.2) is 0 Å². The quantitative estimate of drug-likeness (QED) is 0.921. The van der Waals surface area contributed by atoms with Crippen molar-refractivity contribution >= 4 is 16.7 Å². The van der Waals surface area contributed by atoms with Gasteiger partial charge in [-0.15, -0.1) is 0 Å². The van der Waals surface area contributed by atoms with Crippen molar-refractivity contribution in [2.75, 3.05) is 0 Å². The maximum absolute atomic E-state index is 12.1. The molecule has 0 bridgehead atoms. The fourth-order valence-electron chi connectivity index (χ4n) is 3.55. The largest absolute Gasteiger partial charge is 0.508 e. The molecular weight excluding hydrogens is 274 g/mol. The van der Waals surface area contributed by atoms with Gasteiger partial charge in [-0.1, -0.05) is 49.6 Å². The molecule has 22 heavy (non-hydrogen) atoms. The molecule has 0 spiro atoms. The number of amides is 1. The normalized spacial score (nSPS) is 15.9. The van der Waals surface area contributed by atoms with Crippen molar-refractivity contribution in [2.45, 2.75) is 51.6 Å². The Morgan fingerprint density at radius 2 is 1.86 bits per heavy atom. The van der Waals surface area contributed by atoms with Crippen LogP contribution >= 0.6 is 0 Å². The maximum Gasteiger partial charge on any atom is 0.219 e. The van der Waals surface area contributed by atoms with E-state index >= 15 is 0 Å². The minimum Gasteiger partial charge on any atom is -0.508 e. The third kappa shape index (κ3) is 2.94. The Kier molecular flexibility index (Phi) is 4.32. The number of rotatable bonds is 3. The molecule has 0 saturated heterocycles. The molecule has 1 fully saturated rings. The minimum atomic E-state index is 0.0965. The second-order valence-corrected chi connectivity index (χ2v) is 6.22. The van der Waals surface area contributed by atoms with Gasteiger partial charge in [0.25, 0.3) is 0 Å². The highest BCUT2D eigenvalue weighted by molar-refractivity contribution is 5.88. The molecule has 0 radical (unpaired) electrons. The average Bonchev–Trinajstić information content (AvgIpc) is 2.54. The summed E-state index contributed by atoms with van der Waals surface area (Å²) in [6, 6.07) is 12.0. The number of phenolic OH excluding ortho intramolecular Hbond substituents is 1. The van der Waals surface area contributed by atoms with Crippen molar-refractivity contribution in [1.29, 1.82) is 0 Å². The number of fused-ring (bicyclic) bond motifs is 1. The van der Waals surface area contributed by atoms with Crippen LogP contribution in [0.15, 0.2) is 36.4 Å². The molecule has 1 saturated carbocycles. The van der Waals surface area contributed by atoms with Gasteiger partial charge < -0.3 is 10.0 Å². The lowest BCUT2D eigenvalue weighted by Gasteiger charge is -2.34. The van der Waals surface area contributed by atoms with Crippen molar-refractivity contribution in [1.82, 2.24) is 4.90 Å². The third-order valence-electron chi connectivity index (χ3n) is 4.76. The minimum absolute atomic E-state index is 0.0965. The Morgan fingerprint density at radius 1 is 1.14 bits per heavy atom. The van der Waals surface area contributed by atoms with Gasteiger partial charge in [0.1, 0.15) is 5.75 Å². The van der Waals surface area contributed by atoms with Gasteiger partial charge >= 0.3 is 0 Å². The molecule has 2 aromatic rings. The number of benzene rings is 2. The molecule has 0 unspecified atom stereocenters. The van der Waals surface area contributed by atoms with Crippen LogP contribution < -0.4 is 0 Å². The van der Waals surface area contributed by atoms with Crippen molar-refractivity contribution < 1.29 is 9.90 Å². The molecule has 0 aliphatic heterocycles. The Hall–Kier alpha value is -2.03. The van der Waals surface area contributed by atoms with E-state index in [1.807, 2.05) is 35.2 Å². The van der Waals surface area contributed by atoms with E-state index in [1.165, 1.54) is 19.3 Å². The van der Waals surface area contributed by atoms with Crippen molar-refractivity contribution in [3.8, 4) is 5.75 Å². The van der Waals surface area contributed by atoms with E-state index < -0.39 is 0 Å². The van der Waals surface area contributed by atoms with Gasteiger partial charge in [-0.05, 0) is 29.7 Å². The summed E-state index contributed by atoms with van der Waals surface area (Å²) in [4.78, 5) is 14.1. The highest BCUT2D eigenvalue weighted by atomic mass is 16.3. The first-order valence-corrected chi connectivity index (χ1v) is 8.13. The molecule has 0 heterocycles. The molecule has 0 aromatic heterocycles. The zero-order valence-corrected chi connectivity index (χ0v) is 13.1. The maximum atomic E-state index is 12.1. The molecule has 1 amide bonds. The highest BCUT2D eigenvalue weighted by Gasteiger charge is 2.24. The van der Waals surface area contributed by atoms with E-state index in [1.54, 1.807) is 13.0 Å². The molecule has 0 atom stereocenters. The number of phenols is 1. The lowest BCUT2D eigenvalue weighted by molar-refractivity contribution is -0.132. The van der Waals surface area contributed by atoms with Gasteiger partial charge in [0.15, 0.2) is 0 Å². The summed E-state index contributed by atoms with van der Waals surface area (Å²) < 4.78 is 0. The van der Waals surface area contributed by atoms with E-state index in [-0.39, 0.29) is 11.7 Å². The summed E-state index contributed by atoms with van der Waals surface area (Å²) in [5, 5.41) is 12.4. The van der Waals surface area contributed by atoms with Gasteiger partial charge in [0, 0.05) is 18.5 Å². The predicted molar refractivity (Wildman–Crippen MR) is 88.7 cm³/mol. The number of carbonyl (C=O) groups excluding carboxylic acids is 1. The van der Waals surface area contributed by atoms with E-state index in [0.29, 0.717) is 12.6 Å². The Balaban J connectivity index is 1.95. The van der Waals surface area contributed by atoms with Crippen LogP contribution in [0.2, 0.25) is 0 Å². The summed E-state index contributed by atoms with van der Waals surface area (Å²) in [7, 11) is 0. The lowest BCUT2D eigenvalue weighted by atomic mass is 9.93. The standard InChI is InChI=1S/C19H23NO2/c1-14(21)20(16-8-3-2-4-9-16)13-18-17-10-6-5-7-15(17)11-12-19(18)22/h5-7,10-12,16,22H,2-4,8-9,13H2,1H3. The zero-order chi connectivity index (χ0) is 15.5. The van der Waals surface area contributed by atoms with Crippen molar-refractivity contribution in [3.63, 3.8) is 0 Å². The molecule has 1 N–H and O–H groups in total. The molecule has 3 nitrogen and oxygen atoms in total. The van der Waals surface area contributed by atoms with Gasteiger partial charge in [-0.2, -0.15) is 0 Å². The Bertz CT molecular complexity index is 674. The van der Waals surface area contributed by atoms with E-state index in [0.717, 1.165) is 29.2 Å². The first-order chi connectivity index (χ1) is 10.7. The van der Waals surface area contributed by atoms with Crippen LogP contribution in [0, 0.1) is 0 Å². The average molecular weight is 297 g/mol. The van der Waals surface area contributed by atoms with Crippen LogP contribution in [0.25, 0.3) is 10.8 Å². The molecular formula is C19H23NO2. The number of nitrogens with zero attached hydrogens (tertiary/aromatic N) is 1. The number of hydrogen-bond donors (Lipinski definition) is 1. The van der Waals surface area contributed by atoms with Crippen LogP contribution in [-0.2, 0) is 11.3 Å². The summed E-state index contributed by atoms with van der Waals surface area (Å²) in [5.74, 6) is 0.375. The summed E-state index contributed by atoms with van der Waals surface area (Å²) in [6.45, 7) is 2.13. The molecule has 2 aromatic carbocycles. The zero-order valence-electron chi connectivity index (χ0n) is 13.1. The molecule has 3 rings (SSSR count). The lowest BCUT2D eigenvalue weighted by Crippen LogP contribution is -2.39. The van der Waals surface area contributed by atoms with Gasteiger partial charge in [0.2, 0.25) is 5.91 Å². The van der Waals surface area contributed by atoms with Crippen molar-refractivity contribution in [2.24, 2.45) is 0 Å². The third-order valence-corrected chi connectivity index (χ3v) is 4.76. The van der Waals surface area contributed by atoms with E-state index in [2.05, 4.69) is 0 Å². The molecule has 3 heteroatoms. The number of aromatic hydroxyl groups is 1. The highest BCUT2D eigenvalue weighted by Crippen LogP contribution is 2.31. The van der Waals surface area contributed by atoms with Crippen LogP contribution in [0.4, 0.5) is 0 Å². The Morgan fingerprint density at radius 3 is 2.59 bits per heavy atom. The first-order valence-electron chi connectivity index (χ1n) is 8.13. The Labute approximate surface area is 131 Å². The van der Waals surface area contributed by atoms with Crippen LogP contribution in [0.1, 0.15) is 44.6 Å². The fraction of sp³-hybridized carbons (Fsp3) is 0.421. The van der Waals surface area contributed by atoms with Crippen LogP contribution in [0.3, 0.4) is 0 Å². The monoisotopic (exact) mass is 297 g/mol. The van der Waals surface area contributed by atoms with Gasteiger partial charge in [-0.3, -0.25) is 4.79 Å². The summed E-state index contributed by atoms with van der Waals surface area (Å²) >= 11 is 0. The molecule has 1 aliphatic rings. The topological polar surface area (TPSA) is 40.5 Å². The molecule has 116 valence electrons. The fourth-order valence-corrected chi connectivity index (χ4v) is 3.55. The van der Waals surface area contributed by atoms with Gasteiger partial charge in [0.05, 0.1) is 6.54 Å². The van der Waals surface area contributed by atoms with E-state index in [4.69, 9.17) is 0 Å². The second kappa shape index (κ2) is 6.39. The summed E-state index contributed by atoms with van der Waals surface area (Å²) in [5.41, 5.74) is 0.860. The number of carbonyl (C=O) groups is 1. The number of hydrogen-bond acceptors (Lipinski definition) is 2. The predicted octanol–water partition coefficient (Wildman–Crippen LogP) is 4.23. The van der Waals surface area contributed by atoms with Crippen LogP contribution in [0.5, 0.6) is 5.75 Å². The second-order valence-electron chi connectivity index (χ2n) is 6.22. The van der Waals surface area contributed by atoms with Crippen molar-refractivity contribution in [3.05, 3.63) is 42.0 Å². The smallest absolute Gasteiger partial charge is 0.219 e. The van der Waals surface area contributed by atoms with Crippen LogP contribution in [-0.4, -0.2) is 22.0 Å². The molecule has 1 aliphatic carbocycles.